The van der Waals surface area contributed by atoms with Crippen molar-refractivity contribution in [3.05, 3.63) is 22.4 Å². The van der Waals surface area contributed by atoms with Crippen LogP contribution in [0.15, 0.2) is 22.6 Å². The number of carbonyl (C=O) groups excluding carboxylic acids is 1. The van der Waals surface area contributed by atoms with Gasteiger partial charge in [0.2, 0.25) is 0 Å². The summed E-state index contributed by atoms with van der Waals surface area (Å²) in [6, 6.07) is 3.87. The first kappa shape index (κ1) is 10.9. The Hall–Kier alpha value is -1.20. The summed E-state index contributed by atoms with van der Waals surface area (Å²) in [7, 11) is 3.67. The van der Waals surface area contributed by atoms with Gasteiger partial charge in [-0.2, -0.15) is 5.10 Å². The van der Waals surface area contributed by atoms with Crippen LogP contribution in [-0.2, 0) is 4.79 Å². The Labute approximate surface area is 87.2 Å². The molecule has 1 heterocycles. The summed E-state index contributed by atoms with van der Waals surface area (Å²) in [5, 5.41) is 5.79. The second-order valence-corrected chi connectivity index (χ2v) is 4.03. The molecule has 0 fully saturated rings. The molecule has 0 saturated carbocycles. The van der Waals surface area contributed by atoms with Crippen molar-refractivity contribution in [1.82, 2.24) is 10.3 Å². The highest BCUT2D eigenvalue weighted by Gasteiger charge is 1.99. The highest BCUT2D eigenvalue weighted by molar-refractivity contribution is 7.11. The van der Waals surface area contributed by atoms with E-state index in [1.807, 2.05) is 31.6 Å². The van der Waals surface area contributed by atoms with E-state index in [0.29, 0.717) is 6.54 Å². The third-order valence-corrected chi connectivity index (χ3v) is 2.19. The van der Waals surface area contributed by atoms with Crippen molar-refractivity contribution < 1.29 is 4.79 Å². The smallest absolute Gasteiger partial charge is 0.254 e. The summed E-state index contributed by atoms with van der Waals surface area (Å²) in [6.07, 6.45) is 1.64. The molecule has 1 aromatic rings. The van der Waals surface area contributed by atoms with Crippen LogP contribution >= 0.6 is 11.3 Å². The molecule has 0 atom stereocenters. The van der Waals surface area contributed by atoms with Gasteiger partial charge in [-0.1, -0.05) is 6.07 Å². The van der Waals surface area contributed by atoms with Crippen LogP contribution in [0.5, 0.6) is 0 Å². The average molecular weight is 211 g/mol. The molecule has 0 bridgehead atoms. The topological polar surface area (TPSA) is 44.7 Å². The summed E-state index contributed by atoms with van der Waals surface area (Å²) >= 11 is 1.58. The minimum absolute atomic E-state index is 0.109. The van der Waals surface area contributed by atoms with Crippen LogP contribution in [0.4, 0.5) is 0 Å². The third-order valence-electron chi connectivity index (χ3n) is 1.38. The monoisotopic (exact) mass is 211 g/mol. The van der Waals surface area contributed by atoms with Crippen molar-refractivity contribution in [1.29, 1.82) is 0 Å². The SMILES string of the molecule is CN(C)CC(=O)NN=Cc1cccs1. The predicted octanol–water partition coefficient (Wildman–Crippen LogP) is 0.760. The maximum Gasteiger partial charge on any atom is 0.254 e. The van der Waals surface area contributed by atoms with E-state index in [4.69, 9.17) is 0 Å². The molecule has 0 spiro atoms. The highest BCUT2D eigenvalue weighted by Crippen LogP contribution is 2.03. The minimum Gasteiger partial charge on any atom is -0.301 e. The quantitative estimate of drug-likeness (QED) is 0.590. The molecular formula is C9H13N3OS. The van der Waals surface area contributed by atoms with Gasteiger partial charge in [0.1, 0.15) is 0 Å². The standard InChI is InChI=1S/C9H13N3OS/c1-12(2)7-9(13)11-10-6-8-4-3-5-14-8/h3-6H,7H2,1-2H3,(H,11,13). The number of rotatable bonds is 4. The van der Waals surface area contributed by atoms with Gasteiger partial charge in [-0.3, -0.25) is 4.79 Å². The van der Waals surface area contributed by atoms with E-state index in [1.54, 1.807) is 22.5 Å². The van der Waals surface area contributed by atoms with E-state index in [0.717, 1.165) is 4.88 Å². The molecule has 0 radical (unpaired) electrons. The highest BCUT2D eigenvalue weighted by atomic mass is 32.1. The second-order valence-electron chi connectivity index (χ2n) is 3.05. The Balaban J connectivity index is 2.30. The summed E-state index contributed by atoms with van der Waals surface area (Å²) in [5.74, 6) is -0.109. The van der Waals surface area contributed by atoms with Crippen molar-refractivity contribution in [2.45, 2.75) is 0 Å². The van der Waals surface area contributed by atoms with Crippen molar-refractivity contribution in [3.63, 3.8) is 0 Å². The fourth-order valence-electron chi connectivity index (χ4n) is 0.855. The summed E-state index contributed by atoms with van der Waals surface area (Å²) in [5.41, 5.74) is 2.45. The van der Waals surface area contributed by atoms with Crippen LogP contribution in [-0.4, -0.2) is 37.7 Å². The van der Waals surface area contributed by atoms with Crippen LogP contribution in [0.25, 0.3) is 0 Å². The zero-order chi connectivity index (χ0) is 10.4. The van der Waals surface area contributed by atoms with Crippen molar-refractivity contribution in [3.8, 4) is 0 Å². The molecule has 0 unspecified atom stereocenters. The van der Waals surface area contributed by atoms with Crippen LogP contribution in [0.2, 0.25) is 0 Å². The normalized spacial score (nSPS) is 11.1. The van der Waals surface area contributed by atoms with Crippen LogP contribution in [0.3, 0.4) is 0 Å². The molecule has 1 N–H and O–H groups in total. The van der Waals surface area contributed by atoms with Gasteiger partial charge in [0.05, 0.1) is 12.8 Å². The molecule has 4 nitrogen and oxygen atoms in total. The molecule has 14 heavy (non-hydrogen) atoms. The number of hydrogen-bond acceptors (Lipinski definition) is 4. The Kier molecular flexibility index (Phi) is 4.28. The molecule has 0 aromatic carbocycles. The van der Waals surface area contributed by atoms with Gasteiger partial charge >= 0.3 is 0 Å². The lowest BCUT2D eigenvalue weighted by atomic mass is 10.5. The zero-order valence-corrected chi connectivity index (χ0v) is 9.04. The number of likely N-dealkylation sites (N-methyl/N-ethyl adjacent to an activating group) is 1. The van der Waals surface area contributed by atoms with E-state index in [1.165, 1.54) is 0 Å². The summed E-state index contributed by atoms with van der Waals surface area (Å²) in [6.45, 7) is 0.349. The first-order valence-electron chi connectivity index (χ1n) is 4.18. The number of amides is 1. The van der Waals surface area contributed by atoms with Crippen LogP contribution in [0, 0.1) is 0 Å². The number of nitrogens with one attached hydrogen (secondary N) is 1. The Morgan fingerprint density at radius 2 is 2.50 bits per heavy atom. The maximum atomic E-state index is 11.1. The average Bonchev–Trinajstić information content (AvgIpc) is 2.55. The lowest BCUT2D eigenvalue weighted by molar-refractivity contribution is -0.121. The van der Waals surface area contributed by atoms with Gasteiger partial charge < -0.3 is 4.90 Å². The lowest BCUT2D eigenvalue weighted by Crippen LogP contribution is -2.30. The van der Waals surface area contributed by atoms with Crippen LogP contribution < -0.4 is 5.43 Å². The first-order chi connectivity index (χ1) is 6.68. The molecule has 0 aliphatic carbocycles. The molecule has 1 amide bonds. The fraction of sp³-hybridized carbons (Fsp3) is 0.333. The first-order valence-corrected chi connectivity index (χ1v) is 5.06. The molecule has 1 aromatic heterocycles. The van der Waals surface area contributed by atoms with Gasteiger partial charge in [0, 0.05) is 4.88 Å². The van der Waals surface area contributed by atoms with Crippen molar-refractivity contribution >= 4 is 23.5 Å². The van der Waals surface area contributed by atoms with E-state index in [2.05, 4.69) is 10.5 Å². The maximum absolute atomic E-state index is 11.1. The predicted molar refractivity (Wildman–Crippen MR) is 58.6 cm³/mol. The van der Waals surface area contributed by atoms with Gasteiger partial charge in [0.15, 0.2) is 0 Å². The Morgan fingerprint density at radius 3 is 3.07 bits per heavy atom. The number of thiophene rings is 1. The van der Waals surface area contributed by atoms with Gasteiger partial charge in [0.25, 0.3) is 5.91 Å². The molecule has 5 heteroatoms. The minimum atomic E-state index is -0.109. The Bertz CT molecular complexity index is 306. The Morgan fingerprint density at radius 1 is 1.71 bits per heavy atom. The van der Waals surface area contributed by atoms with Gasteiger partial charge in [-0.05, 0) is 25.5 Å². The molecular weight excluding hydrogens is 198 g/mol. The van der Waals surface area contributed by atoms with Gasteiger partial charge in [-0.25, -0.2) is 5.43 Å². The summed E-state index contributed by atoms with van der Waals surface area (Å²) < 4.78 is 0. The number of hydrogen-bond donors (Lipinski definition) is 1. The van der Waals surface area contributed by atoms with E-state index in [-0.39, 0.29) is 5.91 Å². The van der Waals surface area contributed by atoms with E-state index in [9.17, 15) is 4.79 Å². The fourth-order valence-corrected chi connectivity index (χ4v) is 1.44. The second kappa shape index (κ2) is 5.51. The lowest BCUT2D eigenvalue weighted by Gasteiger charge is -2.06. The summed E-state index contributed by atoms with van der Waals surface area (Å²) in [4.78, 5) is 13.9. The zero-order valence-electron chi connectivity index (χ0n) is 8.23. The molecule has 0 saturated heterocycles. The van der Waals surface area contributed by atoms with Crippen LogP contribution in [0.1, 0.15) is 4.88 Å². The number of carbonyl (C=O) groups is 1. The van der Waals surface area contributed by atoms with E-state index < -0.39 is 0 Å². The van der Waals surface area contributed by atoms with E-state index >= 15 is 0 Å². The number of hydrazone groups is 1. The van der Waals surface area contributed by atoms with Crippen molar-refractivity contribution in [2.75, 3.05) is 20.6 Å². The van der Waals surface area contributed by atoms with Gasteiger partial charge in [-0.15, -0.1) is 11.3 Å². The largest absolute Gasteiger partial charge is 0.301 e. The molecule has 0 aliphatic rings. The molecule has 1 rings (SSSR count). The third kappa shape index (κ3) is 4.15. The van der Waals surface area contributed by atoms with Crippen molar-refractivity contribution in [2.24, 2.45) is 5.10 Å². The number of nitrogens with zero attached hydrogens (tertiary/aromatic N) is 2. The molecule has 0 aliphatic heterocycles. The molecule has 76 valence electrons.